The second-order valence-corrected chi connectivity index (χ2v) is 12.0. The van der Waals surface area contributed by atoms with Crippen molar-refractivity contribution in [2.45, 2.75) is 44.4 Å². The van der Waals surface area contributed by atoms with Gasteiger partial charge in [0.15, 0.2) is 9.84 Å². The lowest BCUT2D eigenvalue weighted by Gasteiger charge is -2.15. The Bertz CT molecular complexity index is 1630. The van der Waals surface area contributed by atoms with E-state index in [1.54, 1.807) is 18.2 Å². The zero-order chi connectivity index (χ0) is 25.4. The van der Waals surface area contributed by atoms with E-state index >= 15 is 0 Å². The van der Waals surface area contributed by atoms with Crippen molar-refractivity contribution in [1.82, 2.24) is 19.5 Å². The van der Waals surface area contributed by atoms with Crippen molar-refractivity contribution in [3.8, 4) is 22.4 Å². The molecular weight excluding hydrogens is 498 g/mol. The van der Waals surface area contributed by atoms with Crippen molar-refractivity contribution in [2.75, 3.05) is 11.5 Å². The van der Waals surface area contributed by atoms with Gasteiger partial charge in [0, 0.05) is 45.5 Å². The molecule has 0 spiro atoms. The van der Waals surface area contributed by atoms with E-state index in [1.807, 2.05) is 31.2 Å². The van der Waals surface area contributed by atoms with E-state index in [2.05, 4.69) is 15.0 Å². The molecule has 3 aromatic heterocycles. The molecule has 3 heterocycles. The lowest BCUT2D eigenvalue weighted by Crippen LogP contribution is -2.29. The number of rotatable bonds is 6. The first-order valence-corrected chi connectivity index (χ1v) is 13.9. The summed E-state index contributed by atoms with van der Waals surface area (Å²) in [6, 6.07) is 12.8. The van der Waals surface area contributed by atoms with Crippen LogP contribution in [0.5, 0.6) is 0 Å². The molecule has 0 amide bonds. The molecule has 0 saturated heterocycles. The molecule has 10 heteroatoms. The van der Waals surface area contributed by atoms with Gasteiger partial charge in [0.1, 0.15) is 5.65 Å². The van der Waals surface area contributed by atoms with Crippen LogP contribution >= 0.6 is 11.6 Å². The third-order valence-electron chi connectivity index (χ3n) is 6.70. The first-order valence-electron chi connectivity index (χ1n) is 11.8. The van der Waals surface area contributed by atoms with Crippen LogP contribution in [0.4, 0.5) is 5.95 Å². The largest absolute Gasteiger partial charge is 0.368 e. The fourth-order valence-corrected chi connectivity index (χ4v) is 6.91. The predicted octanol–water partition coefficient (Wildman–Crippen LogP) is 4.42. The average Bonchev–Trinajstić information content (AvgIpc) is 3.40. The number of hydrogen-bond acceptors (Lipinski definition) is 7. The molecule has 0 aliphatic heterocycles. The third kappa shape index (κ3) is 4.73. The molecule has 2 N–H and O–H groups in total. The Kier molecular flexibility index (Phi) is 6.53. The highest BCUT2D eigenvalue weighted by molar-refractivity contribution is 7.92. The number of nitrogen functional groups attached to an aromatic ring is 1. The SMILES string of the molecule is Cc1cccc(-c2ccc(-c3cc4cnc(N)nc4n(CCS(=O)(=O)C4CCCC4)c3=O)c(Cl)c2)n1. The second kappa shape index (κ2) is 9.63. The van der Waals surface area contributed by atoms with Gasteiger partial charge >= 0.3 is 0 Å². The van der Waals surface area contributed by atoms with Crippen LogP contribution in [-0.4, -0.2) is 38.9 Å². The van der Waals surface area contributed by atoms with Crippen molar-refractivity contribution in [2.24, 2.45) is 0 Å². The number of nitrogens with two attached hydrogens (primary N) is 1. The van der Waals surface area contributed by atoms with Crippen LogP contribution in [0.1, 0.15) is 31.4 Å². The Balaban J connectivity index is 1.58. The molecule has 1 aromatic carbocycles. The molecule has 1 aliphatic rings. The molecule has 0 atom stereocenters. The number of nitrogens with zero attached hydrogens (tertiary/aromatic N) is 4. The Morgan fingerprint density at radius 3 is 2.58 bits per heavy atom. The number of aromatic nitrogens is 4. The van der Waals surface area contributed by atoms with Crippen LogP contribution in [0.15, 0.2) is 53.5 Å². The first-order chi connectivity index (χ1) is 17.2. The van der Waals surface area contributed by atoms with Crippen LogP contribution in [0.25, 0.3) is 33.4 Å². The lowest BCUT2D eigenvalue weighted by molar-refractivity contribution is 0.572. The Labute approximate surface area is 214 Å². The van der Waals surface area contributed by atoms with Gasteiger partial charge in [0.25, 0.3) is 5.56 Å². The highest BCUT2D eigenvalue weighted by Crippen LogP contribution is 2.32. The highest BCUT2D eigenvalue weighted by atomic mass is 35.5. The minimum Gasteiger partial charge on any atom is -0.368 e. The van der Waals surface area contributed by atoms with E-state index < -0.39 is 9.84 Å². The van der Waals surface area contributed by atoms with E-state index in [1.165, 1.54) is 10.8 Å². The van der Waals surface area contributed by atoms with Crippen molar-refractivity contribution >= 4 is 38.4 Å². The van der Waals surface area contributed by atoms with Gasteiger partial charge in [-0.1, -0.05) is 42.6 Å². The maximum atomic E-state index is 13.7. The monoisotopic (exact) mass is 523 g/mol. The quantitative estimate of drug-likeness (QED) is 0.397. The zero-order valence-corrected chi connectivity index (χ0v) is 21.4. The maximum absolute atomic E-state index is 13.7. The number of benzene rings is 1. The minimum absolute atomic E-state index is 0.00934. The van der Waals surface area contributed by atoms with Gasteiger partial charge in [0.05, 0.1) is 16.7 Å². The fraction of sp³-hybridized carbons (Fsp3) is 0.308. The third-order valence-corrected chi connectivity index (χ3v) is 9.25. The van der Waals surface area contributed by atoms with Crippen LogP contribution in [0, 0.1) is 6.92 Å². The Hall–Kier alpha value is -3.30. The Morgan fingerprint density at radius 2 is 1.86 bits per heavy atom. The van der Waals surface area contributed by atoms with Gasteiger partial charge in [-0.25, -0.2) is 13.4 Å². The first kappa shape index (κ1) is 24.4. The molecule has 4 aromatic rings. The molecular formula is C26H26ClN5O3S. The summed E-state index contributed by atoms with van der Waals surface area (Å²) < 4.78 is 27.2. The summed E-state index contributed by atoms with van der Waals surface area (Å²) in [6.07, 6.45) is 4.70. The van der Waals surface area contributed by atoms with Gasteiger partial charge in [-0.05, 0) is 44.0 Å². The topological polar surface area (TPSA) is 121 Å². The summed E-state index contributed by atoms with van der Waals surface area (Å²) in [6.45, 7) is 1.89. The van der Waals surface area contributed by atoms with Gasteiger partial charge in [-0.15, -0.1) is 0 Å². The number of pyridine rings is 2. The summed E-state index contributed by atoms with van der Waals surface area (Å²) in [4.78, 5) is 26.5. The summed E-state index contributed by atoms with van der Waals surface area (Å²) >= 11 is 6.67. The maximum Gasteiger partial charge on any atom is 0.260 e. The van der Waals surface area contributed by atoms with E-state index in [-0.39, 0.29) is 29.1 Å². The van der Waals surface area contributed by atoms with Gasteiger partial charge in [-0.3, -0.25) is 14.3 Å². The molecule has 8 nitrogen and oxygen atoms in total. The molecule has 0 unspecified atom stereocenters. The zero-order valence-electron chi connectivity index (χ0n) is 19.8. The Morgan fingerprint density at radius 1 is 1.08 bits per heavy atom. The highest BCUT2D eigenvalue weighted by Gasteiger charge is 2.29. The molecule has 5 rings (SSSR count). The van der Waals surface area contributed by atoms with Gasteiger partial charge in [-0.2, -0.15) is 4.98 Å². The van der Waals surface area contributed by atoms with Gasteiger partial charge in [0.2, 0.25) is 5.95 Å². The summed E-state index contributed by atoms with van der Waals surface area (Å²) in [7, 11) is -3.35. The minimum atomic E-state index is -3.35. The van der Waals surface area contributed by atoms with E-state index in [0.717, 1.165) is 29.8 Å². The van der Waals surface area contributed by atoms with E-state index in [4.69, 9.17) is 17.3 Å². The van der Waals surface area contributed by atoms with Crippen LogP contribution in [0.2, 0.25) is 5.02 Å². The molecule has 1 aliphatic carbocycles. The second-order valence-electron chi connectivity index (χ2n) is 9.15. The van der Waals surface area contributed by atoms with Crippen LogP contribution in [0.3, 0.4) is 0 Å². The normalized spacial score (nSPS) is 14.5. The van der Waals surface area contributed by atoms with Gasteiger partial charge < -0.3 is 5.73 Å². The summed E-state index contributed by atoms with van der Waals surface area (Å²) in [5.74, 6) is -0.138. The smallest absolute Gasteiger partial charge is 0.260 e. The van der Waals surface area contributed by atoms with Crippen LogP contribution in [-0.2, 0) is 16.4 Å². The molecule has 186 valence electrons. The number of hydrogen-bond donors (Lipinski definition) is 1. The number of fused-ring (bicyclic) bond motifs is 1. The number of aryl methyl sites for hydroxylation is 2. The van der Waals surface area contributed by atoms with E-state index in [0.29, 0.717) is 40.0 Å². The van der Waals surface area contributed by atoms with E-state index in [9.17, 15) is 13.2 Å². The summed E-state index contributed by atoms with van der Waals surface area (Å²) in [5.41, 5.74) is 9.07. The van der Waals surface area contributed by atoms with Crippen LogP contribution < -0.4 is 11.3 Å². The summed E-state index contributed by atoms with van der Waals surface area (Å²) in [5, 5.41) is 0.603. The average molecular weight is 524 g/mol. The predicted molar refractivity (Wildman–Crippen MR) is 143 cm³/mol. The number of halogens is 1. The number of anilines is 1. The standard InChI is InChI=1S/C26H26ClN5O3S/c1-16-5-4-8-23(30-16)17-9-10-20(22(27)14-17)21-13-18-15-29-26(28)31-24(18)32(25(21)33)11-12-36(34,35)19-6-2-3-7-19/h4-5,8-10,13-15,19H,2-3,6-7,11-12H2,1H3,(H2,28,29,31). The van der Waals surface area contributed by atoms with Crippen molar-refractivity contribution in [3.63, 3.8) is 0 Å². The van der Waals surface area contributed by atoms with Crippen molar-refractivity contribution < 1.29 is 8.42 Å². The van der Waals surface area contributed by atoms with Crippen molar-refractivity contribution in [3.05, 3.63) is 69.7 Å². The number of sulfone groups is 1. The molecule has 0 radical (unpaired) electrons. The molecule has 36 heavy (non-hydrogen) atoms. The molecule has 1 fully saturated rings. The van der Waals surface area contributed by atoms with Crippen molar-refractivity contribution in [1.29, 1.82) is 0 Å². The molecule has 0 bridgehead atoms. The lowest BCUT2D eigenvalue weighted by atomic mass is 10.0. The fourth-order valence-electron chi connectivity index (χ4n) is 4.80. The molecule has 1 saturated carbocycles.